The summed E-state index contributed by atoms with van der Waals surface area (Å²) in [4.78, 5) is 69.5. The lowest BCUT2D eigenvalue weighted by Crippen LogP contribution is -2.51. The number of carboxylic acid groups (broad SMARTS) is 1. The third-order valence-electron chi connectivity index (χ3n) is 9.67. The monoisotopic (exact) mass is 768 g/mol. The third kappa shape index (κ3) is 9.77. The van der Waals surface area contributed by atoms with Crippen LogP contribution in [0.2, 0.25) is 0 Å². The van der Waals surface area contributed by atoms with Gasteiger partial charge in [-0.3, -0.25) is 19.3 Å². The van der Waals surface area contributed by atoms with Gasteiger partial charge in [0, 0.05) is 56.0 Å². The van der Waals surface area contributed by atoms with Crippen LogP contribution in [0.3, 0.4) is 0 Å². The van der Waals surface area contributed by atoms with Crippen LogP contribution in [-0.4, -0.2) is 110 Å². The molecule has 1 fully saturated rings. The van der Waals surface area contributed by atoms with Crippen LogP contribution in [0.15, 0.2) is 66.9 Å². The Labute approximate surface area is 315 Å². The molecule has 2 aromatic carbocycles. The van der Waals surface area contributed by atoms with Crippen LogP contribution in [0, 0.1) is 23.0 Å². The molecule has 4 amide bonds. The molecule has 3 aromatic rings. The Morgan fingerprint density at radius 1 is 1.09 bits per heavy atom. The molecule has 17 heteroatoms. The number of carbonyl (C=O) groups excluding carboxylic acids is 4. The molecule has 1 aromatic heterocycles. The van der Waals surface area contributed by atoms with Crippen LogP contribution in [-0.2, 0) is 30.5 Å². The summed E-state index contributed by atoms with van der Waals surface area (Å²) in [5.41, 5.74) is -0.447. The number of halogens is 3. The second-order valence-electron chi connectivity index (χ2n) is 14.3. The highest BCUT2D eigenvalue weighted by Gasteiger charge is 2.44. The highest BCUT2D eigenvalue weighted by atomic mass is 19.1. The minimum Gasteiger partial charge on any atom is -0.480 e. The lowest BCUT2D eigenvalue weighted by Gasteiger charge is -2.43. The van der Waals surface area contributed by atoms with Gasteiger partial charge in [-0.05, 0) is 42.5 Å². The number of imide groups is 1. The molecule has 2 aliphatic heterocycles. The quantitative estimate of drug-likeness (QED) is 0.158. The standard InChI is InChI=1S/C38H43F3N6O8/c1-22(48)35(51)47(19-24-16-42-17-28(24)41)33(38(2,3)13-14-55-37(54)44-30(36(52)53)21-46-31(49)11-12-32(46)50)34-43-29(26-15-25(39)9-10-27(26)40)20-45(34)18-23-7-5-4-6-8-23/h4-12,15,20,22,24,28,30,33,42,48H,13-14,16-19,21H2,1-3H3,(H,44,54)(H,52,53)/t22-,24-,28?,30-,33-/m0/s1. The van der Waals surface area contributed by atoms with Gasteiger partial charge in [0.05, 0.1) is 24.9 Å². The number of nitrogens with one attached hydrogen (secondary N) is 2. The van der Waals surface area contributed by atoms with Crippen LogP contribution in [0.1, 0.15) is 44.6 Å². The van der Waals surface area contributed by atoms with E-state index in [1.807, 2.05) is 30.3 Å². The summed E-state index contributed by atoms with van der Waals surface area (Å²) in [6.45, 7) is 3.99. The summed E-state index contributed by atoms with van der Waals surface area (Å²) < 4.78 is 51.9. The molecule has 1 saturated heterocycles. The normalized spacial score (nSPS) is 18.6. The number of carboxylic acids is 1. The van der Waals surface area contributed by atoms with Gasteiger partial charge in [-0.2, -0.15) is 0 Å². The molecule has 0 bridgehead atoms. The van der Waals surface area contributed by atoms with Crippen molar-refractivity contribution in [2.45, 2.75) is 58.1 Å². The average Bonchev–Trinajstić information content (AvgIpc) is 3.82. The van der Waals surface area contributed by atoms with Crippen molar-refractivity contribution in [3.63, 3.8) is 0 Å². The van der Waals surface area contributed by atoms with Crippen molar-refractivity contribution >= 4 is 29.8 Å². The van der Waals surface area contributed by atoms with Gasteiger partial charge in [0.25, 0.3) is 17.7 Å². The fraction of sp³-hybridized carbons (Fsp3) is 0.421. The molecule has 0 radical (unpaired) electrons. The summed E-state index contributed by atoms with van der Waals surface area (Å²) in [7, 11) is 0. The van der Waals surface area contributed by atoms with Crippen LogP contribution in [0.25, 0.3) is 11.3 Å². The summed E-state index contributed by atoms with van der Waals surface area (Å²) >= 11 is 0. The van der Waals surface area contributed by atoms with Gasteiger partial charge in [0.2, 0.25) is 0 Å². The number of benzene rings is 2. The van der Waals surface area contributed by atoms with E-state index in [-0.39, 0.29) is 56.3 Å². The first-order valence-corrected chi connectivity index (χ1v) is 17.6. The van der Waals surface area contributed by atoms with Crippen LogP contribution in [0.4, 0.5) is 18.0 Å². The summed E-state index contributed by atoms with van der Waals surface area (Å²) in [5.74, 6) is -5.72. The number of hydrogen-bond donors (Lipinski definition) is 4. The van der Waals surface area contributed by atoms with E-state index in [0.29, 0.717) is 4.90 Å². The predicted molar refractivity (Wildman–Crippen MR) is 191 cm³/mol. The van der Waals surface area contributed by atoms with Gasteiger partial charge < -0.3 is 35.1 Å². The Balaban J connectivity index is 1.51. The zero-order chi connectivity index (χ0) is 40.0. The number of nitrogens with zero attached hydrogens (tertiary/aromatic N) is 4. The Hall–Kier alpha value is -5.55. The van der Waals surface area contributed by atoms with Crippen molar-refractivity contribution in [2.24, 2.45) is 11.3 Å². The van der Waals surface area contributed by atoms with E-state index >= 15 is 8.78 Å². The Bertz CT molecular complexity index is 1920. The van der Waals surface area contributed by atoms with Crippen molar-refractivity contribution in [3.05, 3.63) is 89.9 Å². The topological polar surface area (TPSA) is 183 Å². The summed E-state index contributed by atoms with van der Waals surface area (Å²) in [6.07, 6.45) is -0.593. The van der Waals surface area contributed by atoms with Gasteiger partial charge in [-0.1, -0.05) is 44.2 Å². The Morgan fingerprint density at radius 2 is 1.78 bits per heavy atom. The number of aliphatic hydroxyl groups is 1. The first-order valence-electron chi connectivity index (χ1n) is 17.6. The van der Waals surface area contributed by atoms with Crippen LogP contribution >= 0.6 is 0 Å². The lowest BCUT2D eigenvalue weighted by molar-refractivity contribution is -0.146. The molecule has 55 heavy (non-hydrogen) atoms. The highest BCUT2D eigenvalue weighted by Crippen LogP contribution is 2.43. The maximum Gasteiger partial charge on any atom is 0.407 e. The molecule has 5 atom stereocenters. The number of alkyl carbamates (subject to hydrolysis) is 1. The number of hydrogen-bond acceptors (Lipinski definition) is 9. The first kappa shape index (κ1) is 40.6. The van der Waals surface area contributed by atoms with E-state index in [4.69, 9.17) is 9.72 Å². The van der Waals surface area contributed by atoms with Gasteiger partial charge >= 0.3 is 12.1 Å². The zero-order valence-corrected chi connectivity index (χ0v) is 30.5. The van der Waals surface area contributed by atoms with Crippen LogP contribution < -0.4 is 10.6 Å². The summed E-state index contributed by atoms with van der Waals surface area (Å²) in [6, 6.07) is 9.26. The third-order valence-corrected chi connectivity index (χ3v) is 9.67. The number of aliphatic carboxylic acids is 1. The highest BCUT2D eigenvalue weighted by molar-refractivity contribution is 6.13. The van der Waals surface area contributed by atoms with E-state index in [0.717, 1.165) is 35.9 Å². The zero-order valence-electron chi connectivity index (χ0n) is 30.5. The average molecular weight is 769 g/mol. The number of alkyl halides is 1. The summed E-state index contributed by atoms with van der Waals surface area (Å²) in [5, 5.41) is 25.4. The second-order valence-corrected chi connectivity index (χ2v) is 14.3. The van der Waals surface area contributed by atoms with Crippen molar-refractivity contribution in [1.29, 1.82) is 0 Å². The maximum atomic E-state index is 15.2. The van der Waals surface area contributed by atoms with E-state index in [2.05, 4.69) is 10.6 Å². The number of rotatable bonds is 16. The number of imidazole rings is 1. The predicted octanol–water partition coefficient (Wildman–Crippen LogP) is 3.21. The fourth-order valence-corrected chi connectivity index (χ4v) is 6.69. The molecule has 0 saturated carbocycles. The molecule has 5 rings (SSSR count). The molecule has 4 N–H and O–H groups in total. The number of carbonyl (C=O) groups is 5. The molecule has 14 nitrogen and oxygen atoms in total. The maximum absolute atomic E-state index is 15.2. The van der Waals surface area contributed by atoms with Crippen molar-refractivity contribution < 1.29 is 52.1 Å². The fourth-order valence-electron chi connectivity index (χ4n) is 6.69. The number of ether oxygens (including phenoxy) is 1. The Kier molecular flexibility index (Phi) is 12.8. The minimum absolute atomic E-state index is 0.0245. The Morgan fingerprint density at radius 3 is 2.40 bits per heavy atom. The van der Waals surface area contributed by atoms with Gasteiger partial charge in [-0.25, -0.2) is 27.7 Å². The first-order chi connectivity index (χ1) is 26.0. The van der Waals surface area contributed by atoms with Crippen molar-refractivity contribution in [2.75, 3.05) is 32.8 Å². The van der Waals surface area contributed by atoms with E-state index in [1.54, 1.807) is 18.4 Å². The molecule has 2 aliphatic rings. The molecule has 0 aliphatic carbocycles. The number of aromatic nitrogens is 2. The molecule has 294 valence electrons. The van der Waals surface area contributed by atoms with E-state index < -0.39 is 83.7 Å². The van der Waals surface area contributed by atoms with E-state index in [1.165, 1.54) is 18.0 Å². The molecule has 0 spiro atoms. The smallest absolute Gasteiger partial charge is 0.407 e. The number of amides is 4. The van der Waals surface area contributed by atoms with Gasteiger partial charge in [0.15, 0.2) is 0 Å². The number of aliphatic hydroxyl groups excluding tert-OH is 1. The molecule has 1 unspecified atom stereocenters. The molecular weight excluding hydrogens is 725 g/mol. The van der Waals surface area contributed by atoms with Gasteiger partial charge in [0.1, 0.15) is 35.8 Å². The van der Waals surface area contributed by atoms with Crippen molar-refractivity contribution in [1.82, 2.24) is 30.0 Å². The lowest BCUT2D eigenvalue weighted by atomic mass is 9.79. The molecular formula is C38H43F3N6O8. The second kappa shape index (κ2) is 17.3. The molecule has 3 heterocycles. The van der Waals surface area contributed by atoms with Crippen molar-refractivity contribution in [3.8, 4) is 11.3 Å². The minimum atomic E-state index is -1.69. The largest absolute Gasteiger partial charge is 0.480 e. The van der Waals surface area contributed by atoms with Crippen LogP contribution in [0.5, 0.6) is 0 Å². The van der Waals surface area contributed by atoms with Gasteiger partial charge in [-0.15, -0.1) is 0 Å². The van der Waals surface area contributed by atoms with E-state index in [9.17, 15) is 38.6 Å². The SMILES string of the molecule is C[C@H](O)C(=O)N(C[C@@H]1CNCC1F)[C@@H](c1nc(-c2cc(F)ccc2F)cn1Cc1ccccc1)C(C)(C)CCOC(=O)N[C@@H](CN1C(=O)C=CC1=O)C(=O)O.